The minimum atomic E-state index is 0.662. The molecule has 6 heteroatoms. The quantitative estimate of drug-likeness (QED) is 0.175. The van der Waals surface area contributed by atoms with Crippen LogP contribution in [0.2, 0.25) is 0 Å². The molecule has 0 unspecified atom stereocenters. The Morgan fingerprint density at radius 2 is 0.982 bits per heavy atom. The molecule has 4 nitrogen and oxygen atoms in total. The molecular weight excluding hydrogens is 733 g/mol. The third-order valence-corrected chi connectivity index (χ3v) is 13.4. The number of aromatic nitrogens is 4. The van der Waals surface area contributed by atoms with Gasteiger partial charge in [0.2, 0.25) is 0 Å². The summed E-state index contributed by atoms with van der Waals surface area (Å²) in [4.78, 5) is 14.9. The first kappa shape index (κ1) is 32.3. The molecule has 0 aliphatic heterocycles. The topological polar surface area (TPSA) is 43.6 Å². The largest absolute Gasteiger partial charge is 0.308 e. The van der Waals surface area contributed by atoms with Gasteiger partial charge in [0.05, 0.1) is 15.7 Å². The van der Waals surface area contributed by atoms with E-state index < -0.39 is 0 Å². The van der Waals surface area contributed by atoms with Crippen LogP contribution in [0.1, 0.15) is 0 Å². The zero-order chi connectivity index (χ0) is 37.5. The van der Waals surface area contributed by atoms with Gasteiger partial charge in [-0.2, -0.15) is 0 Å². The second kappa shape index (κ2) is 12.8. The molecule has 0 N–H and O–H groups in total. The molecule has 0 amide bonds. The third-order valence-electron chi connectivity index (χ3n) is 11.1. The zero-order valence-electron chi connectivity index (χ0n) is 30.4. The number of rotatable bonds is 5. The monoisotopic (exact) mass is 762 g/mol. The number of fused-ring (bicyclic) bond motifs is 10. The first-order valence-electron chi connectivity index (χ1n) is 19.0. The van der Waals surface area contributed by atoms with Crippen LogP contribution in [0.15, 0.2) is 182 Å². The van der Waals surface area contributed by atoms with E-state index in [4.69, 9.17) is 15.0 Å². The van der Waals surface area contributed by atoms with Gasteiger partial charge in [-0.05, 0) is 53.6 Å². The van der Waals surface area contributed by atoms with Crippen LogP contribution < -0.4 is 0 Å². The van der Waals surface area contributed by atoms with Crippen molar-refractivity contribution in [2.75, 3.05) is 0 Å². The Kier molecular flexibility index (Phi) is 7.24. The number of thiophene rings is 2. The van der Waals surface area contributed by atoms with Crippen molar-refractivity contribution >= 4 is 84.8 Å². The maximum atomic E-state index is 5.02. The SMILES string of the molecule is c1ccc(-c2nc(-c3ccccc3)nc(-c3ccc4c(c3)sc3cccc(-c5ccc6c(c5)c5ccc7c8ccccc8sc7c5n6-c5ccccc5)c34)n2)cc1. The number of hydrogen-bond acceptors (Lipinski definition) is 5. The van der Waals surface area contributed by atoms with Crippen molar-refractivity contribution in [2.45, 2.75) is 0 Å². The summed E-state index contributed by atoms with van der Waals surface area (Å²) in [7, 11) is 0. The van der Waals surface area contributed by atoms with Gasteiger partial charge in [-0.15, -0.1) is 22.7 Å². The molecule has 57 heavy (non-hydrogen) atoms. The van der Waals surface area contributed by atoms with Crippen LogP contribution in [0.5, 0.6) is 0 Å². The Hall–Kier alpha value is -6.99. The summed E-state index contributed by atoms with van der Waals surface area (Å²) < 4.78 is 7.55. The normalized spacial score (nSPS) is 11.9. The van der Waals surface area contributed by atoms with Gasteiger partial charge in [-0.3, -0.25) is 0 Å². The van der Waals surface area contributed by atoms with Crippen molar-refractivity contribution in [1.29, 1.82) is 0 Å². The van der Waals surface area contributed by atoms with Crippen molar-refractivity contribution < 1.29 is 0 Å². The first-order valence-corrected chi connectivity index (χ1v) is 20.7. The van der Waals surface area contributed by atoms with Crippen LogP contribution in [0.25, 0.3) is 113 Å². The fourth-order valence-electron chi connectivity index (χ4n) is 8.44. The predicted molar refractivity (Wildman–Crippen MR) is 242 cm³/mol. The van der Waals surface area contributed by atoms with Crippen molar-refractivity contribution in [3.8, 4) is 51.0 Å². The minimum absolute atomic E-state index is 0.662. The maximum Gasteiger partial charge on any atom is 0.164 e. The lowest BCUT2D eigenvalue weighted by molar-refractivity contribution is 1.07. The fourth-order valence-corrected chi connectivity index (χ4v) is 10.8. The molecule has 0 bridgehead atoms. The number of nitrogens with zero attached hydrogens (tertiary/aromatic N) is 4. The Bertz CT molecular complexity index is 3450. The summed E-state index contributed by atoms with van der Waals surface area (Å²) in [5.74, 6) is 1.99. The highest BCUT2D eigenvalue weighted by atomic mass is 32.1. The molecule has 0 saturated carbocycles. The summed E-state index contributed by atoms with van der Waals surface area (Å²) in [5.41, 5.74) is 8.97. The van der Waals surface area contributed by atoms with Gasteiger partial charge in [-0.1, -0.05) is 140 Å². The van der Waals surface area contributed by atoms with Gasteiger partial charge in [-0.25, -0.2) is 15.0 Å². The molecule has 0 aliphatic carbocycles. The Morgan fingerprint density at radius 1 is 0.368 bits per heavy atom. The maximum absolute atomic E-state index is 5.02. The molecule has 0 aliphatic rings. The molecule has 8 aromatic carbocycles. The molecule has 12 rings (SSSR count). The highest BCUT2D eigenvalue weighted by Crippen LogP contribution is 2.46. The van der Waals surface area contributed by atoms with Gasteiger partial charge >= 0.3 is 0 Å². The number of para-hydroxylation sites is 1. The molecule has 0 radical (unpaired) electrons. The van der Waals surface area contributed by atoms with E-state index in [1.165, 1.54) is 79.0 Å². The molecule has 266 valence electrons. The first-order chi connectivity index (χ1) is 28.2. The second-order valence-electron chi connectivity index (χ2n) is 14.4. The van der Waals surface area contributed by atoms with Crippen molar-refractivity contribution in [3.05, 3.63) is 182 Å². The highest BCUT2D eigenvalue weighted by Gasteiger charge is 2.20. The molecule has 4 aromatic heterocycles. The standard InChI is InChI=1S/C51H30N4S2/c1-4-13-31(14-5-1)49-52-50(32-15-6-2-7-16-32)54-51(53-49)34-23-25-40-45(30-34)56-44-22-12-20-36(46(40)44)33-24-28-42-41(29-33)38-26-27-39-37-19-10-11-21-43(37)57-48(39)47(38)55(42)35-17-8-3-9-18-35/h1-30H. The van der Waals surface area contributed by atoms with Crippen LogP contribution in [-0.4, -0.2) is 19.5 Å². The molecule has 0 atom stereocenters. The van der Waals surface area contributed by atoms with E-state index in [0.717, 1.165) is 16.7 Å². The van der Waals surface area contributed by atoms with Crippen LogP contribution in [-0.2, 0) is 0 Å². The smallest absolute Gasteiger partial charge is 0.164 e. The van der Waals surface area contributed by atoms with E-state index in [9.17, 15) is 0 Å². The Balaban J connectivity index is 1.04. The number of hydrogen-bond donors (Lipinski definition) is 0. The molecule has 0 fully saturated rings. The minimum Gasteiger partial charge on any atom is -0.308 e. The lowest BCUT2D eigenvalue weighted by Gasteiger charge is -2.09. The van der Waals surface area contributed by atoms with E-state index in [1.807, 2.05) is 83.3 Å². The summed E-state index contributed by atoms with van der Waals surface area (Å²) >= 11 is 3.70. The average molecular weight is 763 g/mol. The van der Waals surface area contributed by atoms with Crippen molar-refractivity contribution in [3.63, 3.8) is 0 Å². The molecular formula is C51H30N4S2. The highest BCUT2D eigenvalue weighted by molar-refractivity contribution is 7.26. The van der Waals surface area contributed by atoms with Crippen molar-refractivity contribution in [2.24, 2.45) is 0 Å². The van der Waals surface area contributed by atoms with E-state index in [1.54, 1.807) is 0 Å². The molecule has 0 saturated heterocycles. The Labute approximate surface area is 335 Å². The van der Waals surface area contributed by atoms with Gasteiger partial charge in [0.15, 0.2) is 17.5 Å². The van der Waals surface area contributed by atoms with Crippen LogP contribution in [0.4, 0.5) is 0 Å². The summed E-state index contributed by atoms with van der Waals surface area (Å²) in [6.45, 7) is 0. The number of benzene rings is 8. The summed E-state index contributed by atoms with van der Waals surface area (Å²) in [6, 6.07) is 64.9. The summed E-state index contributed by atoms with van der Waals surface area (Å²) in [5, 5.41) is 7.64. The lowest BCUT2D eigenvalue weighted by atomic mass is 9.97. The van der Waals surface area contributed by atoms with E-state index >= 15 is 0 Å². The average Bonchev–Trinajstić information content (AvgIpc) is 3.96. The van der Waals surface area contributed by atoms with Crippen LogP contribution >= 0.6 is 22.7 Å². The zero-order valence-corrected chi connectivity index (χ0v) is 32.1. The lowest BCUT2D eigenvalue weighted by Crippen LogP contribution is -1.99. The van der Waals surface area contributed by atoms with Gasteiger partial charge in [0.1, 0.15) is 0 Å². The van der Waals surface area contributed by atoms with E-state index in [-0.39, 0.29) is 0 Å². The molecule has 0 spiro atoms. The van der Waals surface area contributed by atoms with Crippen LogP contribution in [0, 0.1) is 0 Å². The van der Waals surface area contributed by atoms with Gasteiger partial charge in [0, 0.05) is 68.8 Å². The van der Waals surface area contributed by atoms with Gasteiger partial charge in [0.25, 0.3) is 0 Å². The second-order valence-corrected chi connectivity index (χ2v) is 16.5. The fraction of sp³-hybridized carbons (Fsp3) is 0. The van der Waals surface area contributed by atoms with Gasteiger partial charge < -0.3 is 4.57 Å². The Morgan fingerprint density at radius 3 is 1.74 bits per heavy atom. The van der Waals surface area contributed by atoms with Crippen LogP contribution in [0.3, 0.4) is 0 Å². The van der Waals surface area contributed by atoms with E-state index in [2.05, 4.69) is 126 Å². The summed E-state index contributed by atoms with van der Waals surface area (Å²) in [6.07, 6.45) is 0. The molecule has 12 aromatic rings. The molecule has 4 heterocycles. The third kappa shape index (κ3) is 5.15. The van der Waals surface area contributed by atoms with E-state index in [0.29, 0.717) is 17.5 Å². The predicted octanol–water partition coefficient (Wildman–Crippen LogP) is 14.4. The van der Waals surface area contributed by atoms with Crippen molar-refractivity contribution in [1.82, 2.24) is 19.5 Å².